The van der Waals surface area contributed by atoms with Gasteiger partial charge in [-0.25, -0.2) is 0 Å². The second-order valence-electron chi connectivity index (χ2n) is 4.28. The fourth-order valence-electron chi connectivity index (χ4n) is 1.53. The van der Waals surface area contributed by atoms with Crippen molar-refractivity contribution in [2.45, 2.75) is 26.2 Å². The molecule has 0 atom stereocenters. The van der Waals surface area contributed by atoms with Crippen LogP contribution >= 0.6 is 0 Å². The molecule has 1 aromatic carbocycles. The minimum absolute atomic E-state index is 0.00368. The Morgan fingerprint density at radius 2 is 1.83 bits per heavy atom. The fourth-order valence-corrected chi connectivity index (χ4v) is 1.53. The Hall–Kier alpha value is -1.68. The summed E-state index contributed by atoms with van der Waals surface area (Å²) in [4.78, 5) is 23.2. The number of rotatable bonds is 7. The number of carbonyl (C=O) groups is 2. The molecule has 0 aromatic heterocycles. The highest BCUT2D eigenvalue weighted by Gasteiger charge is 2.08. The van der Waals surface area contributed by atoms with Gasteiger partial charge in [0.05, 0.1) is 0 Å². The lowest BCUT2D eigenvalue weighted by molar-refractivity contribution is -0.121. The zero-order valence-electron chi connectivity index (χ0n) is 10.7. The average molecular weight is 248 g/mol. The summed E-state index contributed by atoms with van der Waals surface area (Å²) in [5.74, 6) is -0.0899. The van der Waals surface area contributed by atoms with Gasteiger partial charge in [0.1, 0.15) is 0 Å². The lowest BCUT2D eigenvalue weighted by atomic mass is 10.1. The molecule has 0 saturated carbocycles. The molecule has 1 rings (SSSR count). The highest BCUT2D eigenvalue weighted by Crippen LogP contribution is 2.07. The van der Waals surface area contributed by atoms with Crippen LogP contribution in [0.2, 0.25) is 0 Å². The SMILES string of the molecule is Cc1ccc(C(=O)CCC(=O)NCCCN)cc1. The third-order valence-corrected chi connectivity index (χ3v) is 2.66. The number of hydrogen-bond donors (Lipinski definition) is 2. The first-order valence-corrected chi connectivity index (χ1v) is 6.20. The van der Waals surface area contributed by atoms with Gasteiger partial charge in [0.15, 0.2) is 5.78 Å². The van der Waals surface area contributed by atoms with E-state index < -0.39 is 0 Å². The Morgan fingerprint density at radius 3 is 2.44 bits per heavy atom. The quantitative estimate of drug-likeness (QED) is 0.566. The standard InChI is InChI=1S/C14H20N2O2/c1-11-3-5-12(6-4-11)13(17)7-8-14(18)16-10-2-9-15/h3-6H,2,7-10,15H2,1H3,(H,16,18). The van der Waals surface area contributed by atoms with Crippen molar-refractivity contribution < 1.29 is 9.59 Å². The average Bonchev–Trinajstić information content (AvgIpc) is 2.37. The summed E-state index contributed by atoms with van der Waals surface area (Å²) in [6.07, 6.45) is 1.24. The van der Waals surface area contributed by atoms with E-state index in [4.69, 9.17) is 5.73 Å². The largest absolute Gasteiger partial charge is 0.356 e. The van der Waals surface area contributed by atoms with Crippen molar-refractivity contribution in [3.63, 3.8) is 0 Å². The van der Waals surface area contributed by atoms with Gasteiger partial charge < -0.3 is 11.1 Å². The molecule has 0 aliphatic rings. The van der Waals surface area contributed by atoms with Crippen LogP contribution in [0.1, 0.15) is 35.2 Å². The van der Waals surface area contributed by atoms with Crippen LogP contribution in [0, 0.1) is 6.92 Å². The molecule has 0 radical (unpaired) electrons. The minimum atomic E-state index is -0.0936. The van der Waals surface area contributed by atoms with Crippen molar-refractivity contribution in [1.82, 2.24) is 5.32 Å². The molecule has 3 N–H and O–H groups in total. The first kappa shape index (κ1) is 14.4. The zero-order chi connectivity index (χ0) is 13.4. The van der Waals surface area contributed by atoms with Crippen molar-refractivity contribution in [2.24, 2.45) is 5.73 Å². The van der Waals surface area contributed by atoms with E-state index in [1.807, 2.05) is 19.1 Å². The van der Waals surface area contributed by atoms with E-state index in [2.05, 4.69) is 5.32 Å². The summed E-state index contributed by atoms with van der Waals surface area (Å²) in [6.45, 7) is 3.11. The molecule has 0 heterocycles. The molecule has 0 fully saturated rings. The highest BCUT2D eigenvalue weighted by molar-refractivity contribution is 5.97. The number of nitrogens with two attached hydrogens (primary N) is 1. The van der Waals surface area contributed by atoms with Gasteiger partial charge in [0.2, 0.25) is 5.91 Å². The molecule has 0 aliphatic heterocycles. The maximum absolute atomic E-state index is 11.8. The molecule has 0 aliphatic carbocycles. The van der Waals surface area contributed by atoms with Crippen LogP contribution in [0.15, 0.2) is 24.3 Å². The summed E-state index contributed by atoms with van der Waals surface area (Å²) in [6, 6.07) is 7.39. The van der Waals surface area contributed by atoms with Gasteiger partial charge in [-0.1, -0.05) is 29.8 Å². The smallest absolute Gasteiger partial charge is 0.220 e. The Bertz CT molecular complexity index is 399. The van der Waals surface area contributed by atoms with E-state index >= 15 is 0 Å². The van der Waals surface area contributed by atoms with Crippen LogP contribution < -0.4 is 11.1 Å². The molecule has 0 spiro atoms. The number of hydrogen-bond acceptors (Lipinski definition) is 3. The number of Topliss-reactive ketones (excluding diaryl/α,β-unsaturated/α-hetero) is 1. The zero-order valence-corrected chi connectivity index (χ0v) is 10.7. The van der Waals surface area contributed by atoms with Gasteiger partial charge in [-0.2, -0.15) is 0 Å². The van der Waals surface area contributed by atoms with Crippen molar-refractivity contribution in [3.8, 4) is 0 Å². The van der Waals surface area contributed by atoms with Gasteiger partial charge in [-0.3, -0.25) is 9.59 Å². The number of nitrogens with one attached hydrogen (secondary N) is 1. The van der Waals surface area contributed by atoms with Gasteiger partial charge in [-0.05, 0) is 19.9 Å². The van der Waals surface area contributed by atoms with E-state index in [1.54, 1.807) is 12.1 Å². The maximum Gasteiger partial charge on any atom is 0.220 e. The molecule has 4 nitrogen and oxygen atoms in total. The summed E-state index contributed by atoms with van der Waals surface area (Å²) < 4.78 is 0. The molecule has 0 saturated heterocycles. The summed E-state index contributed by atoms with van der Waals surface area (Å²) in [5.41, 5.74) is 7.10. The van der Waals surface area contributed by atoms with Gasteiger partial charge in [0.25, 0.3) is 0 Å². The highest BCUT2D eigenvalue weighted by atomic mass is 16.2. The number of carbonyl (C=O) groups excluding carboxylic acids is 2. The molecular formula is C14H20N2O2. The molecular weight excluding hydrogens is 228 g/mol. The number of amides is 1. The van der Waals surface area contributed by atoms with E-state index in [0.29, 0.717) is 18.7 Å². The van der Waals surface area contributed by atoms with Crippen molar-refractivity contribution in [1.29, 1.82) is 0 Å². The lowest BCUT2D eigenvalue weighted by Crippen LogP contribution is -2.26. The summed E-state index contributed by atoms with van der Waals surface area (Å²) in [5, 5.41) is 2.73. The van der Waals surface area contributed by atoms with E-state index in [0.717, 1.165) is 12.0 Å². The third kappa shape index (κ3) is 5.10. The fraction of sp³-hybridized carbons (Fsp3) is 0.429. The van der Waals surface area contributed by atoms with E-state index in [1.165, 1.54) is 0 Å². The van der Waals surface area contributed by atoms with E-state index in [9.17, 15) is 9.59 Å². The monoisotopic (exact) mass is 248 g/mol. The summed E-state index contributed by atoms with van der Waals surface area (Å²) >= 11 is 0. The molecule has 4 heteroatoms. The first-order valence-electron chi connectivity index (χ1n) is 6.20. The van der Waals surface area contributed by atoms with Crippen molar-refractivity contribution in [2.75, 3.05) is 13.1 Å². The van der Waals surface area contributed by atoms with Crippen LogP contribution in [0.3, 0.4) is 0 Å². The Labute approximate surface area is 108 Å². The predicted molar refractivity (Wildman–Crippen MR) is 71.4 cm³/mol. The van der Waals surface area contributed by atoms with Crippen molar-refractivity contribution >= 4 is 11.7 Å². The molecule has 18 heavy (non-hydrogen) atoms. The second kappa shape index (κ2) is 7.61. The lowest BCUT2D eigenvalue weighted by Gasteiger charge is -2.04. The van der Waals surface area contributed by atoms with Crippen LogP contribution in [0.4, 0.5) is 0 Å². The van der Waals surface area contributed by atoms with Crippen molar-refractivity contribution in [3.05, 3.63) is 35.4 Å². The maximum atomic E-state index is 11.8. The van der Waals surface area contributed by atoms with Gasteiger partial charge in [0, 0.05) is 24.9 Å². The Kier molecular flexibility index (Phi) is 6.08. The van der Waals surface area contributed by atoms with Crippen LogP contribution in [0.25, 0.3) is 0 Å². The number of ketones is 1. The van der Waals surface area contributed by atoms with Crippen LogP contribution in [0.5, 0.6) is 0 Å². The van der Waals surface area contributed by atoms with Crippen LogP contribution in [-0.2, 0) is 4.79 Å². The molecule has 0 bridgehead atoms. The molecule has 0 unspecified atom stereocenters. The minimum Gasteiger partial charge on any atom is -0.356 e. The second-order valence-corrected chi connectivity index (χ2v) is 4.28. The van der Waals surface area contributed by atoms with Gasteiger partial charge >= 0.3 is 0 Å². The summed E-state index contributed by atoms with van der Waals surface area (Å²) in [7, 11) is 0. The normalized spacial score (nSPS) is 10.1. The Balaban J connectivity index is 2.32. The molecule has 1 aromatic rings. The first-order chi connectivity index (χ1) is 8.63. The Morgan fingerprint density at radius 1 is 1.17 bits per heavy atom. The van der Waals surface area contributed by atoms with E-state index in [-0.39, 0.29) is 24.5 Å². The molecule has 98 valence electrons. The number of aryl methyl sites for hydroxylation is 1. The third-order valence-electron chi connectivity index (χ3n) is 2.66. The molecule has 1 amide bonds. The van der Waals surface area contributed by atoms with Crippen LogP contribution in [-0.4, -0.2) is 24.8 Å². The topological polar surface area (TPSA) is 72.2 Å². The van der Waals surface area contributed by atoms with Gasteiger partial charge in [-0.15, -0.1) is 0 Å². The number of benzene rings is 1. The predicted octanol–water partition coefficient (Wildman–Crippen LogP) is 1.42.